The monoisotopic (exact) mass is 236 g/mol. The highest BCUT2D eigenvalue weighted by molar-refractivity contribution is 7.88. The molecule has 15 heavy (non-hydrogen) atoms. The summed E-state index contributed by atoms with van der Waals surface area (Å²) in [4.78, 5) is 32.7. The Morgan fingerprint density at radius 2 is 1.93 bits per heavy atom. The van der Waals surface area contributed by atoms with Gasteiger partial charge < -0.3 is 5.73 Å². The minimum absolute atomic E-state index is 0.150. The zero-order chi connectivity index (χ0) is 11.6. The van der Waals surface area contributed by atoms with Gasteiger partial charge in [-0.25, -0.2) is 19.0 Å². The molecule has 84 valence electrons. The predicted octanol–water partition coefficient (Wildman–Crippen LogP) is -2.16. The number of nitrogens with one attached hydrogen (secondary N) is 2. The lowest BCUT2D eigenvalue weighted by atomic mass is 10.2. The summed E-state index contributed by atoms with van der Waals surface area (Å²) in [7, 11) is -4.34. The number of carbonyl (C=O) groups excluding carboxylic acids is 3. The van der Waals surface area contributed by atoms with Crippen LogP contribution < -0.4 is 15.2 Å². The molecule has 0 unspecified atom stereocenters. The number of amides is 5. The molecule has 1 aliphatic heterocycles. The first kappa shape index (κ1) is 11.2. The highest BCUT2D eigenvalue weighted by Crippen LogP contribution is 2.07. The molecule has 0 aliphatic carbocycles. The molecule has 1 heterocycles. The number of nitrogens with zero attached hydrogens (tertiary/aromatic N) is 1. The van der Waals surface area contributed by atoms with Gasteiger partial charge in [0.15, 0.2) is 0 Å². The van der Waals surface area contributed by atoms with Crippen LogP contribution in [0.2, 0.25) is 0 Å². The molecule has 10 heteroatoms. The van der Waals surface area contributed by atoms with E-state index in [1.807, 2.05) is 0 Å². The number of hydrogen-bond donors (Lipinski definition) is 3. The van der Waals surface area contributed by atoms with Crippen LogP contribution in [-0.2, 0) is 15.0 Å². The Bertz CT molecular complexity index is 415. The Morgan fingerprint density at radius 3 is 2.27 bits per heavy atom. The lowest BCUT2D eigenvalue weighted by molar-refractivity contribution is -0.135. The number of urea groups is 2. The number of primary amides is 1. The normalized spacial score (nSPS) is 15.5. The van der Waals surface area contributed by atoms with Gasteiger partial charge in [0.05, 0.1) is 0 Å². The summed E-state index contributed by atoms with van der Waals surface area (Å²) in [6, 6.07) is -2.44. The van der Waals surface area contributed by atoms with Crippen LogP contribution >= 0.6 is 0 Å². The first-order chi connectivity index (χ1) is 6.82. The Morgan fingerprint density at radius 1 is 1.33 bits per heavy atom. The van der Waals surface area contributed by atoms with Crippen molar-refractivity contribution < 1.29 is 22.8 Å². The first-order valence-corrected chi connectivity index (χ1v) is 5.24. The van der Waals surface area contributed by atoms with Crippen molar-refractivity contribution in [2.75, 3.05) is 6.54 Å². The van der Waals surface area contributed by atoms with Crippen LogP contribution in [-0.4, -0.2) is 37.8 Å². The van der Waals surface area contributed by atoms with E-state index in [1.54, 1.807) is 0 Å². The van der Waals surface area contributed by atoms with Crippen LogP contribution in [0.5, 0.6) is 0 Å². The van der Waals surface area contributed by atoms with Gasteiger partial charge in [-0.05, 0) is 0 Å². The third-order valence-electron chi connectivity index (χ3n) is 1.55. The SMILES string of the molecule is NC(=O)NS(=O)(=O)NC(=O)N1CCC1=O. The fourth-order valence-electron chi connectivity index (χ4n) is 0.858. The van der Waals surface area contributed by atoms with Crippen molar-refractivity contribution in [1.29, 1.82) is 0 Å². The summed E-state index contributed by atoms with van der Waals surface area (Å²) >= 11 is 0. The molecule has 4 N–H and O–H groups in total. The second kappa shape index (κ2) is 3.73. The maximum Gasteiger partial charge on any atom is 0.339 e. The number of likely N-dealkylation sites (tertiary alicyclic amines) is 1. The van der Waals surface area contributed by atoms with E-state index in [2.05, 4.69) is 5.73 Å². The average Bonchev–Trinajstić information content (AvgIpc) is 1.97. The molecule has 0 aromatic heterocycles. The van der Waals surface area contributed by atoms with Crippen molar-refractivity contribution in [1.82, 2.24) is 14.3 Å². The molecule has 1 rings (SSSR count). The van der Waals surface area contributed by atoms with Gasteiger partial charge in [-0.1, -0.05) is 0 Å². The molecule has 1 saturated heterocycles. The molecule has 0 radical (unpaired) electrons. The summed E-state index contributed by atoms with van der Waals surface area (Å²) in [5.41, 5.74) is 4.54. The largest absolute Gasteiger partial charge is 0.351 e. The number of imide groups is 1. The molecule has 9 nitrogen and oxygen atoms in total. The third-order valence-corrected chi connectivity index (χ3v) is 2.47. The minimum atomic E-state index is -4.34. The number of hydrogen-bond acceptors (Lipinski definition) is 5. The number of rotatable bonds is 2. The average molecular weight is 236 g/mol. The van der Waals surface area contributed by atoms with E-state index in [-0.39, 0.29) is 13.0 Å². The van der Waals surface area contributed by atoms with Gasteiger partial charge in [-0.3, -0.25) is 9.69 Å². The molecular formula is C5H8N4O5S. The second-order valence-corrected chi connectivity index (χ2v) is 4.09. The van der Waals surface area contributed by atoms with Gasteiger partial charge >= 0.3 is 22.3 Å². The van der Waals surface area contributed by atoms with Crippen molar-refractivity contribution >= 4 is 28.2 Å². The second-order valence-electron chi connectivity index (χ2n) is 2.67. The van der Waals surface area contributed by atoms with Crippen LogP contribution in [0.1, 0.15) is 6.42 Å². The first-order valence-electron chi connectivity index (χ1n) is 3.76. The molecular weight excluding hydrogens is 228 g/mol. The molecule has 0 atom stereocenters. The molecule has 0 bridgehead atoms. The van der Waals surface area contributed by atoms with E-state index in [9.17, 15) is 22.8 Å². The summed E-state index contributed by atoms with van der Waals surface area (Å²) in [5.74, 6) is -0.484. The zero-order valence-corrected chi connectivity index (χ0v) is 8.20. The molecule has 0 spiro atoms. The predicted molar refractivity (Wildman–Crippen MR) is 46.5 cm³/mol. The molecule has 1 fully saturated rings. The summed E-state index contributed by atoms with van der Waals surface area (Å²) < 4.78 is 24.6. The maximum absolute atomic E-state index is 11.1. The van der Waals surface area contributed by atoms with Gasteiger partial charge in [0.25, 0.3) is 0 Å². The quantitative estimate of drug-likeness (QED) is 0.469. The van der Waals surface area contributed by atoms with Crippen molar-refractivity contribution in [3.05, 3.63) is 0 Å². The van der Waals surface area contributed by atoms with E-state index in [0.717, 1.165) is 0 Å². The van der Waals surface area contributed by atoms with Crippen molar-refractivity contribution in [3.8, 4) is 0 Å². The Labute approximate surface area is 84.8 Å². The summed E-state index contributed by atoms with van der Waals surface area (Å²) in [6.07, 6.45) is 0.191. The maximum atomic E-state index is 11.1. The van der Waals surface area contributed by atoms with Crippen LogP contribution in [0.15, 0.2) is 0 Å². The fraction of sp³-hybridized carbons (Fsp3) is 0.400. The Kier molecular flexibility index (Phi) is 2.79. The summed E-state index contributed by atoms with van der Waals surface area (Å²) in [6.45, 7) is 0.150. The third kappa shape index (κ3) is 2.80. The zero-order valence-electron chi connectivity index (χ0n) is 7.39. The van der Waals surface area contributed by atoms with Crippen molar-refractivity contribution in [3.63, 3.8) is 0 Å². The standard InChI is InChI=1S/C5H8N4O5S/c6-4(11)7-15(13,14)8-5(12)9-2-1-3(9)10/h1-2H2,(H,8,12)(H3,6,7,11). The van der Waals surface area contributed by atoms with Crippen molar-refractivity contribution in [2.45, 2.75) is 6.42 Å². The van der Waals surface area contributed by atoms with Crippen molar-refractivity contribution in [2.24, 2.45) is 5.73 Å². The van der Waals surface area contributed by atoms with E-state index in [0.29, 0.717) is 4.90 Å². The molecule has 0 aromatic rings. The Balaban J connectivity index is 2.58. The number of nitrogens with two attached hydrogens (primary N) is 1. The van der Waals surface area contributed by atoms with Crippen LogP contribution in [0, 0.1) is 0 Å². The van der Waals surface area contributed by atoms with Gasteiger partial charge in [0.2, 0.25) is 5.91 Å². The topological polar surface area (TPSA) is 139 Å². The molecule has 0 saturated carbocycles. The van der Waals surface area contributed by atoms with E-state index >= 15 is 0 Å². The highest BCUT2D eigenvalue weighted by Gasteiger charge is 2.32. The molecule has 1 aliphatic rings. The minimum Gasteiger partial charge on any atom is -0.351 e. The van der Waals surface area contributed by atoms with Crippen LogP contribution in [0.4, 0.5) is 9.59 Å². The van der Waals surface area contributed by atoms with E-state index in [1.165, 1.54) is 9.44 Å². The van der Waals surface area contributed by atoms with Gasteiger partial charge in [0, 0.05) is 13.0 Å². The van der Waals surface area contributed by atoms with Gasteiger partial charge in [-0.2, -0.15) is 8.42 Å². The smallest absolute Gasteiger partial charge is 0.339 e. The van der Waals surface area contributed by atoms with E-state index < -0.39 is 28.2 Å². The van der Waals surface area contributed by atoms with Crippen LogP contribution in [0.25, 0.3) is 0 Å². The number of β-lactam (4-membered cyclic amide) rings is 1. The highest BCUT2D eigenvalue weighted by atomic mass is 32.2. The Hall–Kier alpha value is -1.84. The summed E-state index contributed by atoms with van der Waals surface area (Å²) in [5, 5.41) is 0. The molecule has 0 aromatic carbocycles. The van der Waals surface area contributed by atoms with Crippen LogP contribution in [0.3, 0.4) is 0 Å². The molecule has 5 amide bonds. The lowest BCUT2D eigenvalue weighted by Gasteiger charge is -2.27. The van der Waals surface area contributed by atoms with Gasteiger partial charge in [0.1, 0.15) is 0 Å². The number of carbonyl (C=O) groups is 3. The lowest BCUT2D eigenvalue weighted by Crippen LogP contribution is -2.55. The van der Waals surface area contributed by atoms with E-state index in [4.69, 9.17) is 0 Å². The fourth-order valence-corrected chi connectivity index (χ4v) is 1.51. The van der Waals surface area contributed by atoms with Gasteiger partial charge in [-0.15, -0.1) is 0 Å².